The Morgan fingerprint density at radius 2 is 1.56 bits per heavy atom. The molecule has 14 heteroatoms. The molecule has 1 aromatic carbocycles. The fourth-order valence-corrected chi connectivity index (χ4v) is 4.10. The highest BCUT2D eigenvalue weighted by Crippen LogP contribution is 2.42. The minimum absolute atomic E-state index is 0.0479. The van der Waals surface area contributed by atoms with E-state index in [0.717, 1.165) is 18.9 Å². The summed E-state index contributed by atoms with van der Waals surface area (Å²) in [6.45, 7) is 0.214. The van der Waals surface area contributed by atoms with Gasteiger partial charge in [0.1, 0.15) is 0 Å². The molecule has 0 heterocycles. The van der Waals surface area contributed by atoms with E-state index < -0.39 is 35.8 Å². The highest BCUT2D eigenvalue weighted by Gasteiger charge is 2.38. The fourth-order valence-electron chi connectivity index (χ4n) is 2.21. The van der Waals surface area contributed by atoms with Crippen LogP contribution in [-0.2, 0) is 15.8 Å². The summed E-state index contributed by atoms with van der Waals surface area (Å²) in [6, 6.07) is 3.93. The lowest BCUT2D eigenvalue weighted by Crippen LogP contribution is -2.28. The van der Waals surface area contributed by atoms with Gasteiger partial charge in [-0.1, -0.05) is 27.7 Å². The third kappa shape index (κ3) is 10.5. The first-order valence-corrected chi connectivity index (χ1v) is 11.5. The zero-order valence-electron chi connectivity index (χ0n) is 16.3. The number of benzene rings is 1. The molecule has 0 spiro atoms. The van der Waals surface area contributed by atoms with Crippen LogP contribution in [0, 0.1) is 0 Å². The molecule has 180 valence electrons. The summed E-state index contributed by atoms with van der Waals surface area (Å²) in [7, 11) is 2.73. The maximum atomic E-state index is 13.2. The smallest absolute Gasteiger partial charge is 0.481 e. The van der Waals surface area contributed by atoms with E-state index in [1.165, 1.54) is 27.7 Å². The zero-order valence-corrected chi connectivity index (χ0v) is 17.9. The highest BCUT2D eigenvalue weighted by molar-refractivity contribution is 8.76. The Bertz CT molecular complexity index is 812. The summed E-state index contributed by atoms with van der Waals surface area (Å²) in [5, 5.41) is 18.1. The zero-order chi connectivity index (χ0) is 24.5. The van der Waals surface area contributed by atoms with Crippen molar-refractivity contribution in [1.82, 2.24) is 5.32 Å². The van der Waals surface area contributed by atoms with Gasteiger partial charge in [-0.05, 0) is 36.5 Å². The van der Waals surface area contributed by atoms with Crippen LogP contribution >= 0.6 is 21.6 Å². The molecule has 3 N–H and O–H groups in total. The molecular weight excluding hydrogens is 488 g/mol. The van der Waals surface area contributed by atoms with E-state index in [0.29, 0.717) is 17.1 Å². The molecule has 0 aliphatic heterocycles. The maximum absolute atomic E-state index is 13.2. The van der Waals surface area contributed by atoms with Crippen molar-refractivity contribution >= 4 is 39.4 Å². The SMILES string of the molecule is O=C(O)C(F)(F)F.O=C(O)CCSSCCNC(=O)c1ccc(C2CC2)cc1C(F)(F)F. The van der Waals surface area contributed by atoms with Crippen molar-refractivity contribution in [2.45, 2.75) is 37.5 Å². The number of amides is 1. The summed E-state index contributed by atoms with van der Waals surface area (Å²) in [5.41, 5.74) is -0.618. The van der Waals surface area contributed by atoms with E-state index in [1.807, 2.05) is 0 Å². The van der Waals surface area contributed by atoms with Crippen molar-refractivity contribution < 1.29 is 50.9 Å². The Morgan fingerprint density at radius 3 is 2.03 bits per heavy atom. The summed E-state index contributed by atoms with van der Waals surface area (Å²) < 4.78 is 71.4. The molecule has 0 saturated heterocycles. The molecule has 1 fully saturated rings. The Kier molecular flexibility index (Phi) is 10.7. The highest BCUT2D eigenvalue weighted by atomic mass is 33.1. The van der Waals surface area contributed by atoms with Gasteiger partial charge in [-0.15, -0.1) is 0 Å². The minimum Gasteiger partial charge on any atom is -0.481 e. The van der Waals surface area contributed by atoms with E-state index in [2.05, 4.69) is 5.32 Å². The molecule has 1 saturated carbocycles. The number of nitrogens with one attached hydrogen (secondary N) is 1. The molecule has 1 amide bonds. The topological polar surface area (TPSA) is 104 Å². The van der Waals surface area contributed by atoms with Crippen LogP contribution in [0.4, 0.5) is 26.3 Å². The van der Waals surface area contributed by atoms with E-state index in [1.54, 1.807) is 6.07 Å². The van der Waals surface area contributed by atoms with Gasteiger partial charge in [-0.25, -0.2) is 4.79 Å². The van der Waals surface area contributed by atoms with Crippen molar-refractivity contribution in [3.05, 3.63) is 34.9 Å². The maximum Gasteiger partial charge on any atom is 0.490 e. The first-order chi connectivity index (χ1) is 14.7. The van der Waals surface area contributed by atoms with Crippen LogP contribution in [0.3, 0.4) is 0 Å². The minimum atomic E-state index is -5.08. The number of carboxylic acids is 2. The van der Waals surface area contributed by atoms with Gasteiger partial charge in [0.25, 0.3) is 5.91 Å². The predicted molar refractivity (Wildman–Crippen MR) is 107 cm³/mol. The van der Waals surface area contributed by atoms with Gasteiger partial charge < -0.3 is 15.5 Å². The van der Waals surface area contributed by atoms with Crippen molar-refractivity contribution in [1.29, 1.82) is 0 Å². The summed E-state index contributed by atoms with van der Waals surface area (Å²) in [4.78, 5) is 31.3. The van der Waals surface area contributed by atoms with Gasteiger partial charge >= 0.3 is 24.3 Å². The third-order valence-electron chi connectivity index (χ3n) is 3.84. The lowest BCUT2D eigenvalue weighted by molar-refractivity contribution is -0.192. The monoisotopic (exact) mass is 507 g/mol. The van der Waals surface area contributed by atoms with Crippen molar-refractivity contribution in [3.63, 3.8) is 0 Å². The number of rotatable bonds is 9. The Labute approximate surface area is 186 Å². The first-order valence-electron chi connectivity index (χ1n) is 8.99. The van der Waals surface area contributed by atoms with E-state index in [4.69, 9.17) is 15.0 Å². The molecule has 2 rings (SSSR count). The first kappa shape index (κ1) is 27.9. The Hall–Kier alpha value is -2.09. The molecule has 0 aromatic heterocycles. The van der Waals surface area contributed by atoms with Crippen LogP contribution in [0.25, 0.3) is 0 Å². The van der Waals surface area contributed by atoms with E-state index in [9.17, 15) is 35.9 Å². The average Bonchev–Trinajstić information content (AvgIpc) is 3.50. The van der Waals surface area contributed by atoms with Gasteiger partial charge in [0.05, 0.1) is 17.5 Å². The molecule has 0 bridgehead atoms. The van der Waals surface area contributed by atoms with Crippen LogP contribution in [0.15, 0.2) is 18.2 Å². The van der Waals surface area contributed by atoms with Crippen LogP contribution < -0.4 is 5.32 Å². The van der Waals surface area contributed by atoms with Gasteiger partial charge in [-0.3, -0.25) is 9.59 Å². The number of carbonyl (C=O) groups excluding carboxylic acids is 1. The molecular formula is C18H19F6NO5S2. The third-order valence-corrected chi connectivity index (χ3v) is 6.25. The van der Waals surface area contributed by atoms with E-state index in [-0.39, 0.29) is 24.4 Å². The van der Waals surface area contributed by atoms with Crippen LogP contribution in [-0.4, -0.2) is 52.3 Å². The standard InChI is InChI=1S/C16H18F3NO3S2.C2HF3O2/c17-16(18,19)13-9-11(10-1-2-10)3-4-12(13)15(23)20-6-8-25-24-7-5-14(21)22;3-2(4,5)1(6)7/h3-4,9-10H,1-2,5-8H2,(H,20,23)(H,21,22);(H,6,7). The summed E-state index contributed by atoms with van der Waals surface area (Å²) in [5.74, 6) is -3.28. The Balaban J connectivity index is 0.000000633. The average molecular weight is 507 g/mol. The number of alkyl halides is 6. The predicted octanol–water partition coefficient (Wildman–Crippen LogP) is 4.80. The molecule has 1 aliphatic rings. The molecule has 32 heavy (non-hydrogen) atoms. The van der Waals surface area contributed by atoms with Gasteiger partial charge in [0, 0.05) is 18.1 Å². The molecule has 1 aromatic rings. The number of aliphatic carboxylic acids is 2. The van der Waals surface area contributed by atoms with Gasteiger partial charge in [0.15, 0.2) is 0 Å². The molecule has 1 aliphatic carbocycles. The quantitative estimate of drug-likeness (QED) is 0.251. The second-order valence-electron chi connectivity index (χ2n) is 6.42. The second-order valence-corrected chi connectivity index (χ2v) is 9.13. The number of carbonyl (C=O) groups is 3. The summed E-state index contributed by atoms with van der Waals surface area (Å²) in [6.07, 6.45) is -7.83. The van der Waals surface area contributed by atoms with Crippen molar-refractivity contribution in [2.24, 2.45) is 0 Å². The molecule has 0 unspecified atom stereocenters. The lowest BCUT2D eigenvalue weighted by Gasteiger charge is -2.14. The molecule has 0 atom stereocenters. The van der Waals surface area contributed by atoms with Crippen LogP contribution in [0.2, 0.25) is 0 Å². The lowest BCUT2D eigenvalue weighted by atomic mass is 10.0. The van der Waals surface area contributed by atoms with Crippen LogP contribution in [0.5, 0.6) is 0 Å². The largest absolute Gasteiger partial charge is 0.490 e. The molecule has 6 nitrogen and oxygen atoms in total. The normalized spacial score (nSPS) is 13.7. The fraction of sp³-hybridized carbons (Fsp3) is 0.500. The molecule has 0 radical (unpaired) electrons. The number of hydrogen-bond acceptors (Lipinski definition) is 5. The van der Waals surface area contributed by atoms with Crippen molar-refractivity contribution in [2.75, 3.05) is 18.1 Å². The van der Waals surface area contributed by atoms with Crippen molar-refractivity contribution in [3.8, 4) is 0 Å². The van der Waals surface area contributed by atoms with Crippen LogP contribution in [0.1, 0.15) is 46.7 Å². The van der Waals surface area contributed by atoms with E-state index >= 15 is 0 Å². The second kappa shape index (κ2) is 12.2. The van der Waals surface area contributed by atoms with Gasteiger partial charge in [0.2, 0.25) is 0 Å². The Morgan fingerprint density at radius 1 is 1.00 bits per heavy atom. The van der Waals surface area contributed by atoms with Gasteiger partial charge in [-0.2, -0.15) is 26.3 Å². The number of hydrogen-bond donors (Lipinski definition) is 3. The summed E-state index contributed by atoms with van der Waals surface area (Å²) >= 11 is 0. The number of halogens is 6. The number of carboxylic acid groups (broad SMARTS) is 2.